The summed E-state index contributed by atoms with van der Waals surface area (Å²) >= 11 is 0. The van der Waals surface area contributed by atoms with Gasteiger partial charge in [0.1, 0.15) is 0 Å². The SMILES string of the molecule is O=C(O)c1ccc(CNC2CCC(c3ccccc3)C2)cc1. The monoisotopic (exact) mass is 295 g/mol. The number of rotatable bonds is 5. The van der Waals surface area contributed by atoms with E-state index in [1.807, 2.05) is 12.1 Å². The fraction of sp³-hybridized carbons (Fsp3) is 0.316. The van der Waals surface area contributed by atoms with E-state index in [0.29, 0.717) is 17.5 Å². The van der Waals surface area contributed by atoms with E-state index in [-0.39, 0.29) is 0 Å². The molecule has 1 aliphatic rings. The second kappa shape index (κ2) is 6.75. The van der Waals surface area contributed by atoms with Crippen molar-refractivity contribution < 1.29 is 9.90 Å². The van der Waals surface area contributed by atoms with Crippen LogP contribution in [0.5, 0.6) is 0 Å². The molecule has 3 rings (SSSR count). The van der Waals surface area contributed by atoms with Gasteiger partial charge >= 0.3 is 5.97 Å². The third-order valence-corrected chi connectivity index (χ3v) is 4.50. The second-order valence-electron chi connectivity index (χ2n) is 6.00. The maximum atomic E-state index is 10.8. The molecule has 0 radical (unpaired) electrons. The van der Waals surface area contributed by atoms with Crippen molar-refractivity contribution in [3.8, 4) is 0 Å². The van der Waals surface area contributed by atoms with Gasteiger partial charge < -0.3 is 10.4 Å². The van der Waals surface area contributed by atoms with Gasteiger partial charge in [-0.2, -0.15) is 0 Å². The van der Waals surface area contributed by atoms with Gasteiger partial charge in [-0.25, -0.2) is 4.79 Å². The molecule has 2 atom stereocenters. The molecule has 2 N–H and O–H groups in total. The summed E-state index contributed by atoms with van der Waals surface area (Å²) in [6, 6.07) is 18.4. The van der Waals surface area contributed by atoms with Crippen molar-refractivity contribution in [1.29, 1.82) is 0 Å². The number of carboxylic acids is 1. The summed E-state index contributed by atoms with van der Waals surface area (Å²) < 4.78 is 0. The normalized spacial score (nSPS) is 20.9. The smallest absolute Gasteiger partial charge is 0.335 e. The highest BCUT2D eigenvalue weighted by Crippen LogP contribution is 2.34. The lowest BCUT2D eigenvalue weighted by molar-refractivity contribution is 0.0697. The molecule has 2 unspecified atom stereocenters. The summed E-state index contributed by atoms with van der Waals surface area (Å²) in [5.74, 6) is -0.214. The van der Waals surface area contributed by atoms with Gasteiger partial charge in [-0.05, 0) is 48.4 Å². The van der Waals surface area contributed by atoms with E-state index in [9.17, 15) is 4.79 Å². The van der Waals surface area contributed by atoms with Crippen molar-refractivity contribution >= 4 is 5.97 Å². The van der Waals surface area contributed by atoms with Crippen molar-refractivity contribution in [2.45, 2.75) is 37.8 Å². The first kappa shape index (κ1) is 14.8. The van der Waals surface area contributed by atoms with Crippen LogP contribution in [0.15, 0.2) is 54.6 Å². The van der Waals surface area contributed by atoms with Crippen LogP contribution in [0.3, 0.4) is 0 Å². The number of aromatic carboxylic acids is 1. The Kier molecular flexibility index (Phi) is 4.54. The van der Waals surface area contributed by atoms with Gasteiger partial charge in [-0.3, -0.25) is 0 Å². The molecule has 0 bridgehead atoms. The van der Waals surface area contributed by atoms with Crippen LogP contribution in [0.25, 0.3) is 0 Å². The predicted octanol–water partition coefficient (Wildman–Crippen LogP) is 3.81. The Morgan fingerprint density at radius 1 is 1.05 bits per heavy atom. The van der Waals surface area contributed by atoms with E-state index in [1.165, 1.54) is 24.8 Å². The van der Waals surface area contributed by atoms with E-state index in [1.54, 1.807) is 12.1 Å². The zero-order valence-electron chi connectivity index (χ0n) is 12.5. The molecule has 0 amide bonds. The fourth-order valence-corrected chi connectivity index (χ4v) is 3.22. The molecule has 1 aliphatic carbocycles. The van der Waals surface area contributed by atoms with E-state index < -0.39 is 5.97 Å². The van der Waals surface area contributed by atoms with E-state index in [2.05, 4.69) is 35.6 Å². The van der Waals surface area contributed by atoms with Gasteiger partial charge in [-0.15, -0.1) is 0 Å². The van der Waals surface area contributed by atoms with Gasteiger partial charge in [0.25, 0.3) is 0 Å². The number of hydrogen-bond donors (Lipinski definition) is 2. The average Bonchev–Trinajstić information content (AvgIpc) is 3.03. The molecule has 0 saturated heterocycles. The molecule has 0 spiro atoms. The minimum absolute atomic E-state index is 0.341. The van der Waals surface area contributed by atoms with Crippen LogP contribution >= 0.6 is 0 Å². The van der Waals surface area contributed by atoms with E-state index >= 15 is 0 Å². The lowest BCUT2D eigenvalue weighted by Gasteiger charge is -2.14. The fourth-order valence-electron chi connectivity index (χ4n) is 3.22. The van der Waals surface area contributed by atoms with Crippen molar-refractivity contribution in [1.82, 2.24) is 5.32 Å². The van der Waals surface area contributed by atoms with Crippen LogP contribution < -0.4 is 5.32 Å². The molecule has 3 heteroatoms. The van der Waals surface area contributed by atoms with Crippen LogP contribution in [0, 0.1) is 0 Å². The van der Waals surface area contributed by atoms with Crippen LogP contribution in [-0.4, -0.2) is 17.1 Å². The molecule has 3 nitrogen and oxygen atoms in total. The highest BCUT2D eigenvalue weighted by atomic mass is 16.4. The van der Waals surface area contributed by atoms with Gasteiger partial charge in [0.05, 0.1) is 5.56 Å². The first-order valence-corrected chi connectivity index (χ1v) is 7.83. The molecule has 0 heterocycles. The van der Waals surface area contributed by atoms with Gasteiger partial charge in [0, 0.05) is 12.6 Å². The Bertz CT molecular complexity index is 622. The van der Waals surface area contributed by atoms with Gasteiger partial charge in [-0.1, -0.05) is 42.5 Å². The summed E-state index contributed by atoms with van der Waals surface area (Å²) in [4.78, 5) is 10.8. The molecule has 1 fully saturated rings. The van der Waals surface area contributed by atoms with Crippen molar-refractivity contribution in [2.24, 2.45) is 0 Å². The third-order valence-electron chi connectivity index (χ3n) is 4.50. The minimum atomic E-state index is -0.874. The van der Waals surface area contributed by atoms with Crippen LogP contribution in [0.1, 0.15) is 46.7 Å². The minimum Gasteiger partial charge on any atom is -0.478 e. The largest absolute Gasteiger partial charge is 0.478 e. The molecular formula is C19H21NO2. The average molecular weight is 295 g/mol. The maximum Gasteiger partial charge on any atom is 0.335 e. The summed E-state index contributed by atoms with van der Waals surface area (Å²) in [6.07, 6.45) is 3.61. The Labute approximate surface area is 131 Å². The Morgan fingerprint density at radius 3 is 2.45 bits per heavy atom. The molecule has 114 valence electrons. The third kappa shape index (κ3) is 3.55. The van der Waals surface area contributed by atoms with E-state index in [0.717, 1.165) is 12.1 Å². The Hall–Kier alpha value is -2.13. The van der Waals surface area contributed by atoms with Gasteiger partial charge in [0.2, 0.25) is 0 Å². The van der Waals surface area contributed by atoms with E-state index in [4.69, 9.17) is 5.11 Å². The molecule has 2 aromatic rings. The lowest BCUT2D eigenvalue weighted by atomic mass is 9.98. The standard InChI is InChI=1S/C19H21NO2/c21-19(22)16-8-6-14(7-9-16)13-20-18-11-10-17(12-18)15-4-2-1-3-5-15/h1-9,17-18,20H,10-13H2,(H,21,22). The Balaban J connectivity index is 1.51. The number of benzene rings is 2. The zero-order valence-corrected chi connectivity index (χ0v) is 12.5. The number of carboxylic acid groups (broad SMARTS) is 1. The van der Waals surface area contributed by atoms with Crippen molar-refractivity contribution in [2.75, 3.05) is 0 Å². The van der Waals surface area contributed by atoms with Crippen molar-refractivity contribution in [3.05, 3.63) is 71.3 Å². The molecule has 1 saturated carbocycles. The zero-order chi connectivity index (χ0) is 15.4. The Morgan fingerprint density at radius 2 is 1.77 bits per heavy atom. The molecule has 0 aromatic heterocycles. The predicted molar refractivity (Wildman–Crippen MR) is 87.1 cm³/mol. The first-order chi connectivity index (χ1) is 10.7. The summed E-state index contributed by atoms with van der Waals surface area (Å²) in [5, 5.41) is 12.5. The van der Waals surface area contributed by atoms with Crippen LogP contribution in [-0.2, 0) is 6.54 Å². The van der Waals surface area contributed by atoms with Crippen LogP contribution in [0.2, 0.25) is 0 Å². The lowest BCUT2D eigenvalue weighted by Crippen LogP contribution is -2.25. The molecule has 2 aromatic carbocycles. The summed E-state index contributed by atoms with van der Waals surface area (Å²) in [7, 11) is 0. The quantitative estimate of drug-likeness (QED) is 0.882. The molecular weight excluding hydrogens is 274 g/mol. The number of carbonyl (C=O) groups is 1. The highest BCUT2D eigenvalue weighted by Gasteiger charge is 2.25. The summed E-state index contributed by atoms with van der Waals surface area (Å²) in [5.41, 5.74) is 2.92. The van der Waals surface area contributed by atoms with Crippen LogP contribution in [0.4, 0.5) is 0 Å². The number of nitrogens with one attached hydrogen (secondary N) is 1. The molecule has 22 heavy (non-hydrogen) atoms. The summed E-state index contributed by atoms with van der Waals surface area (Å²) in [6.45, 7) is 0.798. The number of hydrogen-bond acceptors (Lipinski definition) is 2. The topological polar surface area (TPSA) is 49.3 Å². The van der Waals surface area contributed by atoms with Gasteiger partial charge in [0.15, 0.2) is 0 Å². The maximum absolute atomic E-state index is 10.8. The first-order valence-electron chi connectivity index (χ1n) is 7.83. The second-order valence-corrected chi connectivity index (χ2v) is 6.00. The highest BCUT2D eigenvalue weighted by molar-refractivity contribution is 5.87. The van der Waals surface area contributed by atoms with Crippen molar-refractivity contribution in [3.63, 3.8) is 0 Å². The molecule has 0 aliphatic heterocycles.